The summed E-state index contributed by atoms with van der Waals surface area (Å²) in [5.41, 5.74) is 1.54. The minimum atomic E-state index is 0.896. The molecule has 1 rings (SSSR count). The first-order valence-electron chi connectivity index (χ1n) is 6.47. The Morgan fingerprint density at radius 1 is 1.21 bits per heavy atom. The highest BCUT2D eigenvalue weighted by Crippen LogP contribution is 2.43. The number of allylic oxidation sites excluding steroid dienone is 1. The fourth-order valence-corrected chi connectivity index (χ4v) is 2.56. The van der Waals surface area contributed by atoms with Crippen LogP contribution in [0.5, 0.6) is 0 Å². The monoisotopic (exact) mass is 192 g/mol. The third-order valence-electron chi connectivity index (χ3n) is 3.73. The molecule has 0 spiro atoms. The van der Waals surface area contributed by atoms with E-state index in [1.807, 2.05) is 0 Å². The fraction of sp³-hybridized carbons (Fsp3) is 0.846. The highest BCUT2D eigenvalue weighted by Gasteiger charge is 2.31. The molecular formula is C13H25B. The van der Waals surface area contributed by atoms with Crippen molar-refractivity contribution in [3.8, 4) is 0 Å². The van der Waals surface area contributed by atoms with Gasteiger partial charge in [-0.2, -0.15) is 0 Å². The highest BCUT2D eigenvalue weighted by molar-refractivity contribution is 6.61. The summed E-state index contributed by atoms with van der Waals surface area (Å²) in [4.78, 5) is 0. The SMILES string of the molecule is C=C1CCC1B(CCCC)CCCC. The van der Waals surface area contributed by atoms with Gasteiger partial charge in [-0.05, 0) is 18.7 Å². The standard InChI is InChI=1S/C13H25B/c1-4-6-10-14(11-7-5-2)13-9-8-12(13)3/h13H,3-11H2,1-2H3. The van der Waals surface area contributed by atoms with Gasteiger partial charge in [-0.15, -0.1) is 6.58 Å². The summed E-state index contributed by atoms with van der Waals surface area (Å²) in [5.74, 6) is 0.896. The second-order valence-corrected chi connectivity index (χ2v) is 4.85. The second kappa shape index (κ2) is 6.32. The van der Waals surface area contributed by atoms with Crippen LogP contribution < -0.4 is 0 Å². The lowest BCUT2D eigenvalue weighted by Crippen LogP contribution is -2.27. The number of unbranched alkanes of at least 4 members (excludes halogenated alkanes) is 2. The van der Waals surface area contributed by atoms with Crippen LogP contribution in [-0.2, 0) is 0 Å². The predicted molar refractivity (Wildman–Crippen MR) is 67.3 cm³/mol. The summed E-state index contributed by atoms with van der Waals surface area (Å²) in [6.45, 7) is 9.74. The quantitative estimate of drug-likeness (QED) is 0.401. The molecule has 0 saturated heterocycles. The van der Waals surface area contributed by atoms with Gasteiger partial charge in [0.1, 0.15) is 6.71 Å². The van der Waals surface area contributed by atoms with E-state index in [-0.39, 0.29) is 0 Å². The Kier molecular flexibility index (Phi) is 5.36. The minimum absolute atomic E-state index is 0.896. The van der Waals surface area contributed by atoms with Crippen LogP contribution in [0.2, 0.25) is 18.5 Å². The van der Waals surface area contributed by atoms with E-state index in [4.69, 9.17) is 0 Å². The average molecular weight is 192 g/mol. The predicted octanol–water partition coefficient (Wildman–Crippen LogP) is 4.80. The number of hydrogen-bond donors (Lipinski definition) is 0. The van der Waals surface area contributed by atoms with Crippen LogP contribution in [0.1, 0.15) is 52.4 Å². The van der Waals surface area contributed by atoms with Crippen molar-refractivity contribution in [3.63, 3.8) is 0 Å². The Morgan fingerprint density at radius 3 is 2.07 bits per heavy atom. The summed E-state index contributed by atoms with van der Waals surface area (Å²) >= 11 is 0. The average Bonchev–Trinajstić information content (AvgIpc) is 2.19. The minimum Gasteiger partial charge on any atom is -0.100 e. The molecule has 0 aromatic heterocycles. The van der Waals surface area contributed by atoms with Gasteiger partial charge in [0, 0.05) is 0 Å². The van der Waals surface area contributed by atoms with Gasteiger partial charge in [-0.3, -0.25) is 0 Å². The van der Waals surface area contributed by atoms with Crippen molar-refractivity contribution in [3.05, 3.63) is 12.2 Å². The number of hydrogen-bond acceptors (Lipinski definition) is 0. The van der Waals surface area contributed by atoms with E-state index in [2.05, 4.69) is 20.4 Å². The molecular weight excluding hydrogens is 167 g/mol. The maximum absolute atomic E-state index is 4.18. The van der Waals surface area contributed by atoms with Gasteiger partial charge in [0.05, 0.1) is 0 Å². The van der Waals surface area contributed by atoms with Crippen LogP contribution in [0.3, 0.4) is 0 Å². The van der Waals surface area contributed by atoms with Crippen molar-refractivity contribution in [2.24, 2.45) is 0 Å². The zero-order valence-electron chi connectivity index (χ0n) is 10.0. The van der Waals surface area contributed by atoms with Crippen molar-refractivity contribution in [2.75, 3.05) is 0 Å². The zero-order valence-corrected chi connectivity index (χ0v) is 10.0. The Bertz CT molecular complexity index is 166. The highest BCUT2D eigenvalue weighted by atomic mass is 14.2. The van der Waals surface area contributed by atoms with Crippen LogP contribution in [0.4, 0.5) is 0 Å². The maximum atomic E-state index is 4.18. The zero-order chi connectivity index (χ0) is 10.4. The summed E-state index contributed by atoms with van der Waals surface area (Å²) in [7, 11) is 0. The second-order valence-electron chi connectivity index (χ2n) is 4.85. The molecule has 1 saturated carbocycles. The summed E-state index contributed by atoms with van der Waals surface area (Å²) in [5, 5.41) is 0. The van der Waals surface area contributed by atoms with Crippen LogP contribution in [0.15, 0.2) is 12.2 Å². The van der Waals surface area contributed by atoms with Gasteiger partial charge >= 0.3 is 0 Å². The molecule has 0 N–H and O–H groups in total. The lowest BCUT2D eigenvalue weighted by molar-refractivity contribution is 0.638. The molecule has 14 heavy (non-hydrogen) atoms. The molecule has 1 heteroatoms. The van der Waals surface area contributed by atoms with Gasteiger partial charge < -0.3 is 0 Å². The van der Waals surface area contributed by atoms with E-state index in [0.29, 0.717) is 0 Å². The van der Waals surface area contributed by atoms with Crippen molar-refractivity contribution in [2.45, 2.75) is 70.8 Å². The molecule has 0 aliphatic heterocycles. The Hall–Kier alpha value is -0.195. The molecule has 0 aromatic carbocycles. The molecule has 0 bridgehead atoms. The summed E-state index contributed by atoms with van der Waals surface area (Å²) < 4.78 is 0. The molecule has 1 fully saturated rings. The molecule has 0 amide bonds. The molecule has 0 aromatic rings. The molecule has 0 radical (unpaired) electrons. The molecule has 0 nitrogen and oxygen atoms in total. The first-order chi connectivity index (χ1) is 6.79. The molecule has 80 valence electrons. The third kappa shape index (κ3) is 3.18. The maximum Gasteiger partial charge on any atom is 0.147 e. The summed E-state index contributed by atoms with van der Waals surface area (Å²) in [6.07, 6.45) is 11.1. The van der Waals surface area contributed by atoms with Gasteiger partial charge in [-0.1, -0.05) is 57.7 Å². The van der Waals surface area contributed by atoms with Crippen molar-refractivity contribution in [1.82, 2.24) is 0 Å². The van der Waals surface area contributed by atoms with Gasteiger partial charge in [0.15, 0.2) is 0 Å². The van der Waals surface area contributed by atoms with E-state index in [1.54, 1.807) is 5.57 Å². The van der Waals surface area contributed by atoms with E-state index in [0.717, 1.165) is 12.5 Å². The smallest absolute Gasteiger partial charge is 0.100 e. The van der Waals surface area contributed by atoms with Crippen molar-refractivity contribution in [1.29, 1.82) is 0 Å². The normalized spacial score (nSPS) is 20.7. The first kappa shape index (κ1) is 11.9. The lowest BCUT2D eigenvalue weighted by Gasteiger charge is -2.34. The largest absolute Gasteiger partial charge is 0.147 e. The van der Waals surface area contributed by atoms with E-state index in [1.165, 1.54) is 51.2 Å². The summed E-state index contributed by atoms with van der Waals surface area (Å²) in [6, 6.07) is 0. The van der Waals surface area contributed by atoms with Crippen molar-refractivity contribution >= 4 is 6.71 Å². The lowest BCUT2D eigenvalue weighted by atomic mass is 9.31. The molecule has 1 unspecified atom stereocenters. The topological polar surface area (TPSA) is 0 Å². The van der Waals surface area contributed by atoms with Gasteiger partial charge in [-0.25, -0.2) is 0 Å². The fourth-order valence-electron chi connectivity index (χ4n) is 2.56. The van der Waals surface area contributed by atoms with Crippen LogP contribution in [-0.4, -0.2) is 6.71 Å². The van der Waals surface area contributed by atoms with Crippen molar-refractivity contribution < 1.29 is 0 Å². The molecule has 1 atom stereocenters. The Balaban J connectivity index is 2.31. The van der Waals surface area contributed by atoms with Crippen LogP contribution in [0.25, 0.3) is 0 Å². The molecule has 1 aliphatic carbocycles. The van der Waals surface area contributed by atoms with Gasteiger partial charge in [0.25, 0.3) is 0 Å². The Labute approximate surface area is 90.2 Å². The van der Waals surface area contributed by atoms with Gasteiger partial charge in [0.2, 0.25) is 0 Å². The third-order valence-corrected chi connectivity index (χ3v) is 3.73. The van der Waals surface area contributed by atoms with E-state index >= 15 is 0 Å². The van der Waals surface area contributed by atoms with Crippen LogP contribution >= 0.6 is 0 Å². The van der Waals surface area contributed by atoms with E-state index in [9.17, 15) is 0 Å². The molecule has 0 heterocycles. The number of rotatable bonds is 7. The molecule has 1 aliphatic rings. The van der Waals surface area contributed by atoms with Crippen LogP contribution in [0, 0.1) is 0 Å². The first-order valence-corrected chi connectivity index (χ1v) is 6.47. The Morgan fingerprint density at radius 2 is 1.79 bits per heavy atom. The van der Waals surface area contributed by atoms with E-state index < -0.39 is 0 Å².